The fraction of sp³-hybridized carbons (Fsp3) is 0.444. The molecule has 1 aromatic heterocycles. The minimum atomic E-state index is 0.599. The van der Waals surface area contributed by atoms with E-state index >= 15 is 0 Å². The van der Waals surface area contributed by atoms with Gasteiger partial charge in [-0.3, -0.25) is 4.68 Å². The summed E-state index contributed by atoms with van der Waals surface area (Å²) in [5.74, 6) is 1.53. The minimum absolute atomic E-state index is 0.599. The highest BCUT2D eigenvalue weighted by Crippen LogP contribution is 2.28. The van der Waals surface area contributed by atoms with Crippen LogP contribution in [0.2, 0.25) is 0 Å². The second-order valence-electron chi connectivity index (χ2n) is 5.45. The zero-order valence-electron chi connectivity index (χ0n) is 15.0. The number of thiocarbonyl (C=S) groups is 1. The standard InChI is InChI=1S/C18H26N4O2S/c1-4-9-19-18(25)21-15-11-20-22(13-15)12-14-7-8-16(23-5-2)17(10-14)24-6-3/h7-8,10-11,13H,4-6,9,12H2,1-3H3,(H2,19,21,25). The third-order valence-corrected chi connectivity index (χ3v) is 3.63. The molecule has 0 amide bonds. The number of aromatic nitrogens is 2. The van der Waals surface area contributed by atoms with Gasteiger partial charge in [-0.15, -0.1) is 0 Å². The summed E-state index contributed by atoms with van der Waals surface area (Å²) in [5.41, 5.74) is 1.96. The Labute approximate surface area is 154 Å². The van der Waals surface area contributed by atoms with E-state index in [4.69, 9.17) is 21.7 Å². The van der Waals surface area contributed by atoms with Crippen molar-refractivity contribution in [1.82, 2.24) is 15.1 Å². The maximum atomic E-state index is 5.67. The maximum Gasteiger partial charge on any atom is 0.170 e. The summed E-state index contributed by atoms with van der Waals surface area (Å²) in [6.07, 6.45) is 4.72. The monoisotopic (exact) mass is 362 g/mol. The Kier molecular flexibility index (Phi) is 7.53. The van der Waals surface area contributed by atoms with E-state index in [-0.39, 0.29) is 0 Å². The molecule has 0 bridgehead atoms. The Morgan fingerprint density at radius 3 is 2.64 bits per heavy atom. The highest BCUT2D eigenvalue weighted by molar-refractivity contribution is 7.80. The summed E-state index contributed by atoms with van der Waals surface area (Å²) in [5, 5.41) is 11.3. The van der Waals surface area contributed by atoms with Crippen molar-refractivity contribution in [3.8, 4) is 11.5 Å². The second-order valence-corrected chi connectivity index (χ2v) is 5.86. The van der Waals surface area contributed by atoms with Crippen molar-refractivity contribution in [3.05, 3.63) is 36.2 Å². The van der Waals surface area contributed by atoms with Crippen LogP contribution in [0.4, 0.5) is 5.69 Å². The van der Waals surface area contributed by atoms with Crippen LogP contribution in [0.25, 0.3) is 0 Å². The molecule has 7 heteroatoms. The molecular weight excluding hydrogens is 336 g/mol. The smallest absolute Gasteiger partial charge is 0.170 e. The zero-order chi connectivity index (χ0) is 18.1. The van der Waals surface area contributed by atoms with E-state index in [9.17, 15) is 0 Å². The Hall–Kier alpha value is -2.28. The molecule has 0 unspecified atom stereocenters. The van der Waals surface area contributed by atoms with Gasteiger partial charge in [-0.25, -0.2) is 0 Å². The highest BCUT2D eigenvalue weighted by Gasteiger charge is 2.08. The number of benzene rings is 1. The summed E-state index contributed by atoms with van der Waals surface area (Å²) >= 11 is 5.24. The van der Waals surface area contributed by atoms with Gasteiger partial charge in [0, 0.05) is 12.7 Å². The van der Waals surface area contributed by atoms with E-state index in [2.05, 4.69) is 22.7 Å². The first-order chi connectivity index (χ1) is 12.2. The third-order valence-electron chi connectivity index (χ3n) is 3.38. The van der Waals surface area contributed by atoms with E-state index in [0.717, 1.165) is 35.7 Å². The van der Waals surface area contributed by atoms with E-state index in [1.54, 1.807) is 6.20 Å². The molecule has 1 heterocycles. The predicted molar refractivity (Wildman–Crippen MR) is 105 cm³/mol. The molecule has 0 aliphatic heterocycles. The summed E-state index contributed by atoms with van der Waals surface area (Å²) in [4.78, 5) is 0. The van der Waals surface area contributed by atoms with Crippen molar-refractivity contribution in [2.45, 2.75) is 33.7 Å². The minimum Gasteiger partial charge on any atom is -0.490 e. The Morgan fingerprint density at radius 2 is 1.92 bits per heavy atom. The van der Waals surface area contributed by atoms with Crippen LogP contribution < -0.4 is 20.1 Å². The SMILES string of the molecule is CCCNC(=S)Nc1cnn(Cc2ccc(OCC)c(OCC)c2)c1. The summed E-state index contributed by atoms with van der Waals surface area (Å²) in [7, 11) is 0. The molecule has 0 radical (unpaired) electrons. The molecule has 25 heavy (non-hydrogen) atoms. The number of hydrogen-bond acceptors (Lipinski definition) is 4. The molecule has 0 aliphatic rings. The van der Waals surface area contributed by atoms with Crippen LogP contribution in [0.5, 0.6) is 11.5 Å². The first-order valence-electron chi connectivity index (χ1n) is 8.62. The zero-order valence-corrected chi connectivity index (χ0v) is 15.9. The van der Waals surface area contributed by atoms with Crippen LogP contribution in [0, 0.1) is 0 Å². The van der Waals surface area contributed by atoms with Gasteiger partial charge < -0.3 is 20.1 Å². The fourth-order valence-electron chi connectivity index (χ4n) is 2.31. The maximum absolute atomic E-state index is 5.67. The number of rotatable bonds is 9. The number of nitrogens with zero attached hydrogens (tertiary/aromatic N) is 2. The van der Waals surface area contributed by atoms with E-state index in [0.29, 0.717) is 24.9 Å². The molecule has 2 N–H and O–H groups in total. The average molecular weight is 362 g/mol. The van der Waals surface area contributed by atoms with Crippen LogP contribution in [0.15, 0.2) is 30.6 Å². The summed E-state index contributed by atoms with van der Waals surface area (Å²) in [6, 6.07) is 5.96. The van der Waals surface area contributed by atoms with Crippen LogP contribution in [0.3, 0.4) is 0 Å². The topological polar surface area (TPSA) is 60.3 Å². The Balaban J connectivity index is 2.02. The highest BCUT2D eigenvalue weighted by atomic mass is 32.1. The lowest BCUT2D eigenvalue weighted by Gasteiger charge is -2.12. The number of hydrogen-bond donors (Lipinski definition) is 2. The molecule has 2 rings (SSSR count). The second kappa shape index (κ2) is 9.88. The lowest BCUT2D eigenvalue weighted by atomic mass is 10.2. The molecular formula is C18H26N4O2S. The normalized spacial score (nSPS) is 10.4. The molecule has 0 spiro atoms. The van der Waals surface area contributed by atoms with Gasteiger partial charge in [0.15, 0.2) is 16.6 Å². The van der Waals surface area contributed by atoms with Crippen molar-refractivity contribution in [2.75, 3.05) is 25.1 Å². The Bertz CT molecular complexity index is 687. The van der Waals surface area contributed by atoms with Gasteiger partial charge in [-0.1, -0.05) is 13.0 Å². The van der Waals surface area contributed by atoms with E-state index in [1.165, 1.54) is 0 Å². The lowest BCUT2D eigenvalue weighted by Crippen LogP contribution is -2.28. The molecule has 0 atom stereocenters. The first-order valence-corrected chi connectivity index (χ1v) is 9.02. The van der Waals surface area contributed by atoms with Crippen LogP contribution >= 0.6 is 12.2 Å². The first kappa shape index (κ1) is 19.1. The van der Waals surface area contributed by atoms with E-state index in [1.807, 2.05) is 42.9 Å². The van der Waals surface area contributed by atoms with E-state index < -0.39 is 0 Å². The van der Waals surface area contributed by atoms with Crippen molar-refractivity contribution < 1.29 is 9.47 Å². The predicted octanol–water partition coefficient (Wildman–Crippen LogP) is 3.43. The van der Waals surface area contributed by atoms with Crippen LogP contribution in [-0.2, 0) is 6.54 Å². The number of nitrogens with one attached hydrogen (secondary N) is 2. The molecule has 1 aromatic carbocycles. The van der Waals surface area contributed by atoms with Crippen molar-refractivity contribution in [3.63, 3.8) is 0 Å². The fourth-order valence-corrected chi connectivity index (χ4v) is 2.53. The van der Waals surface area contributed by atoms with Gasteiger partial charge in [0.2, 0.25) is 0 Å². The molecule has 0 aliphatic carbocycles. The number of anilines is 1. The average Bonchev–Trinajstić information content (AvgIpc) is 3.02. The third kappa shape index (κ3) is 5.94. The summed E-state index contributed by atoms with van der Waals surface area (Å²) in [6.45, 7) is 8.73. The van der Waals surface area contributed by atoms with Gasteiger partial charge in [-0.05, 0) is 50.2 Å². The van der Waals surface area contributed by atoms with Gasteiger partial charge in [0.1, 0.15) is 0 Å². The van der Waals surface area contributed by atoms with Crippen molar-refractivity contribution >= 4 is 23.0 Å². The van der Waals surface area contributed by atoms with Crippen molar-refractivity contribution in [1.29, 1.82) is 0 Å². The van der Waals surface area contributed by atoms with Crippen LogP contribution in [-0.4, -0.2) is 34.7 Å². The van der Waals surface area contributed by atoms with Crippen molar-refractivity contribution in [2.24, 2.45) is 0 Å². The molecule has 0 saturated carbocycles. The molecule has 6 nitrogen and oxygen atoms in total. The van der Waals surface area contributed by atoms with Gasteiger partial charge in [0.05, 0.1) is 31.6 Å². The molecule has 0 saturated heterocycles. The summed E-state index contributed by atoms with van der Waals surface area (Å²) < 4.78 is 13.1. The lowest BCUT2D eigenvalue weighted by molar-refractivity contribution is 0.287. The van der Waals surface area contributed by atoms with Gasteiger partial charge in [-0.2, -0.15) is 5.10 Å². The number of ether oxygens (including phenoxy) is 2. The largest absolute Gasteiger partial charge is 0.490 e. The molecule has 0 fully saturated rings. The molecule has 136 valence electrons. The quantitative estimate of drug-likeness (QED) is 0.667. The van der Waals surface area contributed by atoms with Crippen LogP contribution in [0.1, 0.15) is 32.8 Å². The van der Waals surface area contributed by atoms with Gasteiger partial charge >= 0.3 is 0 Å². The Morgan fingerprint density at radius 1 is 1.16 bits per heavy atom. The van der Waals surface area contributed by atoms with Gasteiger partial charge in [0.25, 0.3) is 0 Å². The molecule has 2 aromatic rings.